The Morgan fingerprint density at radius 2 is 1.74 bits per heavy atom. The molecular weight excluding hydrogens is 456 g/mol. The van der Waals surface area contributed by atoms with Crippen molar-refractivity contribution in [1.29, 1.82) is 0 Å². The van der Waals surface area contributed by atoms with Crippen LogP contribution in [0.3, 0.4) is 0 Å². The Morgan fingerprint density at radius 1 is 0.941 bits per heavy atom. The summed E-state index contributed by atoms with van der Waals surface area (Å²) in [4.78, 5) is 35.9. The third kappa shape index (κ3) is 4.57. The molecule has 172 valence electrons. The third-order valence-corrected chi connectivity index (χ3v) is 5.83. The molecule has 2 N–H and O–H groups in total. The lowest BCUT2D eigenvalue weighted by Gasteiger charge is -2.28. The molecule has 1 saturated heterocycles. The summed E-state index contributed by atoms with van der Waals surface area (Å²) in [6.45, 7) is 3.13. The number of nitrogens with one attached hydrogen (secondary N) is 2. The van der Waals surface area contributed by atoms with Crippen molar-refractivity contribution in [3.63, 3.8) is 0 Å². The average Bonchev–Trinajstić information content (AvgIpc) is 3.31. The Morgan fingerprint density at radius 3 is 2.53 bits per heavy atom. The first kappa shape index (κ1) is 21.9. The van der Waals surface area contributed by atoms with Gasteiger partial charge in [-0.25, -0.2) is 14.8 Å². The monoisotopic (exact) mass is 476 g/mol. The summed E-state index contributed by atoms with van der Waals surface area (Å²) in [5, 5.41) is 6.53. The number of ether oxygens (including phenoxy) is 1. The van der Waals surface area contributed by atoms with Gasteiger partial charge < -0.3 is 20.3 Å². The normalized spacial score (nSPS) is 13.6. The fraction of sp³-hybridized carbons (Fsp3) is 0.167. The van der Waals surface area contributed by atoms with Crippen molar-refractivity contribution in [2.45, 2.75) is 0 Å². The molecule has 34 heavy (non-hydrogen) atoms. The molecule has 2 aromatic carbocycles. The second-order valence-electron chi connectivity index (χ2n) is 7.70. The van der Waals surface area contributed by atoms with Crippen LogP contribution in [0.1, 0.15) is 10.4 Å². The number of nitrogens with zero attached hydrogens (tertiary/aromatic N) is 4. The maximum absolute atomic E-state index is 12.8. The first-order valence-corrected chi connectivity index (χ1v) is 11.1. The van der Waals surface area contributed by atoms with E-state index in [-0.39, 0.29) is 11.1 Å². The fourth-order valence-electron chi connectivity index (χ4n) is 3.79. The highest BCUT2D eigenvalue weighted by molar-refractivity contribution is 6.34. The van der Waals surface area contributed by atoms with Crippen LogP contribution < -0.4 is 15.5 Å². The van der Waals surface area contributed by atoms with Crippen molar-refractivity contribution in [3.05, 3.63) is 77.8 Å². The summed E-state index contributed by atoms with van der Waals surface area (Å²) < 4.78 is 6.73. The minimum Gasteiger partial charge on any atom is -0.378 e. The molecule has 1 aliphatic heterocycles. The smallest absolute Gasteiger partial charge is 0.331 e. The molecule has 0 radical (unpaired) electrons. The van der Waals surface area contributed by atoms with E-state index < -0.39 is 6.03 Å². The summed E-state index contributed by atoms with van der Waals surface area (Å²) in [6.07, 6.45) is 2.87. The molecule has 0 saturated carbocycles. The predicted molar refractivity (Wildman–Crippen MR) is 131 cm³/mol. The van der Waals surface area contributed by atoms with E-state index in [0.29, 0.717) is 41.2 Å². The quantitative estimate of drug-likeness (QED) is 0.427. The fourth-order valence-corrected chi connectivity index (χ4v) is 3.98. The molecular formula is C24H21ClN6O3. The zero-order chi connectivity index (χ0) is 23.5. The summed E-state index contributed by atoms with van der Waals surface area (Å²) in [5.74, 6) is -0.277. The van der Waals surface area contributed by atoms with Gasteiger partial charge in [0.1, 0.15) is 11.5 Å². The van der Waals surface area contributed by atoms with Crippen molar-refractivity contribution in [3.8, 4) is 0 Å². The number of carbonyl (C=O) groups excluding carboxylic acids is 2. The van der Waals surface area contributed by atoms with E-state index >= 15 is 0 Å². The van der Waals surface area contributed by atoms with E-state index in [1.54, 1.807) is 36.5 Å². The second-order valence-corrected chi connectivity index (χ2v) is 8.06. The van der Waals surface area contributed by atoms with Crippen LogP contribution in [0.25, 0.3) is 11.0 Å². The van der Waals surface area contributed by atoms with E-state index in [1.807, 2.05) is 24.3 Å². The van der Waals surface area contributed by atoms with Gasteiger partial charge in [0.25, 0.3) is 5.91 Å². The van der Waals surface area contributed by atoms with Crippen molar-refractivity contribution in [2.75, 3.05) is 41.8 Å². The molecule has 0 spiro atoms. The van der Waals surface area contributed by atoms with Gasteiger partial charge >= 0.3 is 6.03 Å². The first-order valence-electron chi connectivity index (χ1n) is 10.7. The van der Waals surface area contributed by atoms with Crippen LogP contribution >= 0.6 is 11.6 Å². The van der Waals surface area contributed by atoms with Gasteiger partial charge in [-0.15, -0.1) is 0 Å². The van der Waals surface area contributed by atoms with Gasteiger partial charge in [0, 0.05) is 41.9 Å². The van der Waals surface area contributed by atoms with Gasteiger partial charge in [-0.1, -0.05) is 17.7 Å². The molecule has 1 fully saturated rings. The molecule has 4 aromatic rings. The van der Waals surface area contributed by atoms with Crippen molar-refractivity contribution < 1.29 is 14.3 Å². The Hall–Kier alpha value is -3.95. The maximum atomic E-state index is 12.8. The highest BCUT2D eigenvalue weighted by Gasteiger charge is 2.15. The van der Waals surface area contributed by atoms with E-state index in [0.717, 1.165) is 18.8 Å². The zero-order valence-corrected chi connectivity index (χ0v) is 18.8. The van der Waals surface area contributed by atoms with Crippen LogP contribution in [-0.4, -0.2) is 52.8 Å². The van der Waals surface area contributed by atoms with E-state index in [4.69, 9.17) is 16.3 Å². The summed E-state index contributed by atoms with van der Waals surface area (Å²) >= 11 is 6.06. The Balaban J connectivity index is 1.26. The molecule has 2 amide bonds. The number of rotatable bonds is 4. The van der Waals surface area contributed by atoms with Gasteiger partial charge in [-0.2, -0.15) is 0 Å². The molecule has 0 unspecified atom stereocenters. The highest BCUT2D eigenvalue weighted by Crippen LogP contribution is 2.22. The maximum Gasteiger partial charge on any atom is 0.331 e. The molecule has 3 heterocycles. The molecule has 2 aromatic heterocycles. The number of benzene rings is 2. The second kappa shape index (κ2) is 9.50. The lowest BCUT2D eigenvalue weighted by molar-refractivity contribution is 0.102. The average molecular weight is 477 g/mol. The minimum absolute atomic E-state index is 0.271. The number of fused-ring (bicyclic) bond motifs is 1. The third-order valence-electron chi connectivity index (χ3n) is 5.53. The van der Waals surface area contributed by atoms with E-state index in [9.17, 15) is 9.59 Å². The number of aromatic nitrogens is 3. The van der Waals surface area contributed by atoms with Crippen molar-refractivity contribution in [1.82, 2.24) is 14.5 Å². The van der Waals surface area contributed by atoms with Crippen LogP contribution in [0.5, 0.6) is 0 Å². The van der Waals surface area contributed by atoms with Crippen molar-refractivity contribution in [2.24, 2.45) is 0 Å². The number of hydrogen-bond acceptors (Lipinski definition) is 6. The van der Waals surface area contributed by atoms with Gasteiger partial charge in [0.05, 0.1) is 18.6 Å². The SMILES string of the molecule is O=C(Nc1ccc(N2CCOCC2)cc1)c1cccc(NC(=O)n2ccc3c(Cl)ncnc32)c1. The molecule has 1 aliphatic rings. The predicted octanol–water partition coefficient (Wildman–Crippen LogP) is 4.25. The molecule has 0 aliphatic carbocycles. The van der Waals surface area contributed by atoms with Crippen LogP contribution in [0.2, 0.25) is 5.15 Å². The van der Waals surface area contributed by atoms with E-state index in [2.05, 4.69) is 25.5 Å². The lowest BCUT2D eigenvalue weighted by atomic mass is 10.1. The Labute approximate surface area is 200 Å². The number of morpholine rings is 1. The minimum atomic E-state index is -0.430. The number of carbonyl (C=O) groups is 2. The van der Waals surface area contributed by atoms with E-state index in [1.165, 1.54) is 10.9 Å². The Bertz CT molecular complexity index is 1350. The first-order chi connectivity index (χ1) is 16.6. The summed E-state index contributed by atoms with van der Waals surface area (Å²) in [5.41, 5.74) is 3.06. The molecule has 5 rings (SSSR count). The van der Waals surface area contributed by atoms with Gasteiger partial charge in [-0.05, 0) is 48.5 Å². The number of anilines is 3. The standard InChI is InChI=1S/C24H21ClN6O3/c25-21-20-8-9-31(22(20)27-15-26-21)24(33)29-18-3-1-2-16(14-18)23(32)28-17-4-6-19(7-5-17)30-10-12-34-13-11-30/h1-9,14-15H,10-13H2,(H,28,32)(H,29,33). The van der Waals surface area contributed by atoms with Crippen LogP contribution in [0, 0.1) is 0 Å². The van der Waals surface area contributed by atoms with Gasteiger partial charge in [0.15, 0.2) is 5.65 Å². The summed E-state index contributed by atoms with van der Waals surface area (Å²) in [6, 6.07) is 15.7. The van der Waals surface area contributed by atoms with Gasteiger partial charge in [-0.3, -0.25) is 9.36 Å². The Kier molecular flexibility index (Phi) is 6.11. The number of halogens is 1. The molecule has 0 atom stereocenters. The number of hydrogen-bond donors (Lipinski definition) is 2. The lowest BCUT2D eigenvalue weighted by Crippen LogP contribution is -2.36. The van der Waals surface area contributed by atoms with Crippen molar-refractivity contribution >= 4 is 51.6 Å². The largest absolute Gasteiger partial charge is 0.378 e. The zero-order valence-electron chi connectivity index (χ0n) is 18.1. The topological polar surface area (TPSA) is 101 Å². The van der Waals surface area contributed by atoms with Gasteiger partial charge in [0.2, 0.25) is 0 Å². The van der Waals surface area contributed by atoms with Crippen LogP contribution in [0.4, 0.5) is 21.9 Å². The molecule has 0 bridgehead atoms. The number of amides is 2. The highest BCUT2D eigenvalue weighted by atomic mass is 35.5. The summed E-state index contributed by atoms with van der Waals surface area (Å²) in [7, 11) is 0. The molecule has 9 nitrogen and oxygen atoms in total. The van der Waals surface area contributed by atoms with Crippen LogP contribution in [0.15, 0.2) is 67.1 Å². The molecule has 10 heteroatoms. The van der Waals surface area contributed by atoms with Crippen LogP contribution in [-0.2, 0) is 4.74 Å².